The Labute approximate surface area is 130 Å². The molecule has 2 N–H and O–H groups in total. The standard InChI is InChI=1S/C16H23ClN4/c1-2-12-5-6-20(15(7-12)8-18)10-14-11-21-9-13(17)3-4-16(21)19-14/h3-4,9,11-12,15H,2,5-8,10,18H2,1H3. The summed E-state index contributed by atoms with van der Waals surface area (Å²) in [6, 6.07) is 4.32. The molecule has 0 amide bonds. The van der Waals surface area contributed by atoms with Crippen LogP contribution in [0.3, 0.4) is 0 Å². The lowest BCUT2D eigenvalue weighted by atomic mass is 9.89. The molecule has 0 radical (unpaired) electrons. The number of pyridine rings is 1. The molecule has 2 aromatic rings. The molecule has 0 spiro atoms. The van der Waals surface area contributed by atoms with E-state index >= 15 is 0 Å². The molecule has 1 aliphatic heterocycles. The van der Waals surface area contributed by atoms with Crippen LogP contribution in [0.2, 0.25) is 5.02 Å². The van der Waals surface area contributed by atoms with Crippen molar-refractivity contribution >= 4 is 17.2 Å². The topological polar surface area (TPSA) is 46.6 Å². The van der Waals surface area contributed by atoms with Gasteiger partial charge in [0.15, 0.2) is 0 Å². The van der Waals surface area contributed by atoms with Crippen LogP contribution in [0.15, 0.2) is 24.5 Å². The fraction of sp³-hybridized carbons (Fsp3) is 0.562. The number of nitrogens with two attached hydrogens (primary N) is 1. The molecule has 3 rings (SSSR count). The monoisotopic (exact) mass is 306 g/mol. The number of piperidine rings is 1. The first-order chi connectivity index (χ1) is 10.2. The molecule has 21 heavy (non-hydrogen) atoms. The van der Waals surface area contributed by atoms with Crippen molar-refractivity contribution in [3.8, 4) is 0 Å². The van der Waals surface area contributed by atoms with Gasteiger partial charge in [-0.25, -0.2) is 4.98 Å². The lowest BCUT2D eigenvalue weighted by Crippen LogP contribution is -2.46. The van der Waals surface area contributed by atoms with Crippen molar-refractivity contribution in [1.82, 2.24) is 14.3 Å². The second-order valence-corrected chi connectivity index (χ2v) is 6.44. The summed E-state index contributed by atoms with van der Waals surface area (Å²) in [4.78, 5) is 7.16. The molecule has 3 heterocycles. The van der Waals surface area contributed by atoms with Gasteiger partial charge in [-0.1, -0.05) is 24.9 Å². The summed E-state index contributed by atoms with van der Waals surface area (Å²) in [5.74, 6) is 0.828. The second-order valence-electron chi connectivity index (χ2n) is 6.00. The molecule has 2 aromatic heterocycles. The Balaban J connectivity index is 1.74. The van der Waals surface area contributed by atoms with Gasteiger partial charge in [0.05, 0.1) is 10.7 Å². The Kier molecular flexibility index (Phi) is 4.48. The maximum Gasteiger partial charge on any atom is 0.137 e. The first kappa shape index (κ1) is 14.8. The van der Waals surface area contributed by atoms with Gasteiger partial charge >= 0.3 is 0 Å². The molecular formula is C16H23ClN4. The van der Waals surface area contributed by atoms with Crippen molar-refractivity contribution in [2.45, 2.75) is 38.8 Å². The number of fused-ring (bicyclic) bond motifs is 1. The largest absolute Gasteiger partial charge is 0.329 e. The summed E-state index contributed by atoms with van der Waals surface area (Å²) < 4.78 is 1.99. The molecular weight excluding hydrogens is 284 g/mol. The highest BCUT2D eigenvalue weighted by Crippen LogP contribution is 2.26. The summed E-state index contributed by atoms with van der Waals surface area (Å²) in [7, 11) is 0. The summed E-state index contributed by atoms with van der Waals surface area (Å²) in [6.45, 7) is 5.00. The van der Waals surface area contributed by atoms with E-state index in [0.29, 0.717) is 6.04 Å². The Bertz CT molecular complexity index is 609. The van der Waals surface area contributed by atoms with Crippen LogP contribution >= 0.6 is 11.6 Å². The first-order valence-corrected chi connectivity index (χ1v) is 8.14. The third-order valence-corrected chi connectivity index (χ3v) is 4.85. The highest BCUT2D eigenvalue weighted by atomic mass is 35.5. The molecule has 0 saturated carbocycles. The predicted octanol–water partition coefficient (Wildman–Crippen LogP) is 2.94. The van der Waals surface area contributed by atoms with Crippen LogP contribution < -0.4 is 5.73 Å². The summed E-state index contributed by atoms with van der Waals surface area (Å²) in [5, 5.41) is 0.732. The van der Waals surface area contributed by atoms with E-state index in [2.05, 4.69) is 23.0 Å². The molecule has 5 heteroatoms. The van der Waals surface area contributed by atoms with E-state index in [1.165, 1.54) is 19.3 Å². The van der Waals surface area contributed by atoms with Gasteiger partial charge < -0.3 is 10.1 Å². The molecule has 0 aliphatic carbocycles. The molecule has 114 valence electrons. The van der Waals surface area contributed by atoms with Gasteiger partial charge in [0.2, 0.25) is 0 Å². The Morgan fingerprint density at radius 2 is 2.24 bits per heavy atom. The van der Waals surface area contributed by atoms with Gasteiger partial charge in [-0.2, -0.15) is 0 Å². The smallest absolute Gasteiger partial charge is 0.137 e. The molecule has 2 atom stereocenters. The second kappa shape index (κ2) is 6.34. The third kappa shape index (κ3) is 3.23. The van der Waals surface area contributed by atoms with E-state index in [0.717, 1.165) is 41.9 Å². The summed E-state index contributed by atoms with van der Waals surface area (Å²) >= 11 is 6.02. The molecule has 0 aromatic carbocycles. The van der Waals surface area contributed by atoms with Crippen LogP contribution in [-0.2, 0) is 6.54 Å². The van der Waals surface area contributed by atoms with Gasteiger partial charge in [0.1, 0.15) is 5.65 Å². The van der Waals surface area contributed by atoms with Gasteiger partial charge in [0, 0.05) is 31.5 Å². The van der Waals surface area contributed by atoms with E-state index in [-0.39, 0.29) is 0 Å². The normalized spacial score (nSPS) is 23.8. The van der Waals surface area contributed by atoms with Crippen molar-refractivity contribution in [3.05, 3.63) is 35.2 Å². The van der Waals surface area contributed by atoms with E-state index in [1.54, 1.807) is 0 Å². The zero-order valence-electron chi connectivity index (χ0n) is 12.5. The average Bonchev–Trinajstić information content (AvgIpc) is 2.89. The number of rotatable bonds is 4. The van der Waals surface area contributed by atoms with Gasteiger partial charge in [-0.15, -0.1) is 0 Å². The molecule has 4 nitrogen and oxygen atoms in total. The number of imidazole rings is 1. The van der Waals surface area contributed by atoms with E-state index in [1.807, 2.05) is 22.7 Å². The minimum absolute atomic E-state index is 0.483. The number of aromatic nitrogens is 2. The maximum atomic E-state index is 6.02. The lowest BCUT2D eigenvalue weighted by Gasteiger charge is -2.38. The van der Waals surface area contributed by atoms with Crippen LogP contribution in [0.5, 0.6) is 0 Å². The summed E-state index contributed by atoms with van der Waals surface area (Å²) in [5.41, 5.74) is 8.01. The Hall–Kier alpha value is -1.10. The molecule has 1 fully saturated rings. The third-order valence-electron chi connectivity index (χ3n) is 4.63. The minimum Gasteiger partial charge on any atom is -0.329 e. The Morgan fingerprint density at radius 3 is 3.00 bits per heavy atom. The molecule has 1 saturated heterocycles. The number of nitrogens with zero attached hydrogens (tertiary/aromatic N) is 3. The van der Waals surface area contributed by atoms with E-state index in [9.17, 15) is 0 Å². The van der Waals surface area contributed by atoms with Crippen molar-refractivity contribution in [2.75, 3.05) is 13.1 Å². The van der Waals surface area contributed by atoms with Crippen LogP contribution in [0.1, 0.15) is 31.9 Å². The highest BCUT2D eigenvalue weighted by Gasteiger charge is 2.27. The number of likely N-dealkylation sites (tertiary alicyclic amines) is 1. The average molecular weight is 307 g/mol. The predicted molar refractivity (Wildman–Crippen MR) is 86.5 cm³/mol. The molecule has 1 aliphatic rings. The minimum atomic E-state index is 0.483. The number of hydrogen-bond donors (Lipinski definition) is 1. The molecule has 0 bridgehead atoms. The van der Waals surface area contributed by atoms with Crippen molar-refractivity contribution in [3.63, 3.8) is 0 Å². The lowest BCUT2D eigenvalue weighted by molar-refractivity contribution is 0.106. The van der Waals surface area contributed by atoms with Gasteiger partial charge in [0.25, 0.3) is 0 Å². The fourth-order valence-electron chi connectivity index (χ4n) is 3.31. The SMILES string of the molecule is CCC1CCN(Cc2cn3cc(Cl)ccc3n2)C(CN)C1. The Morgan fingerprint density at radius 1 is 1.38 bits per heavy atom. The number of halogens is 1. The van der Waals surface area contributed by atoms with Crippen molar-refractivity contribution in [1.29, 1.82) is 0 Å². The highest BCUT2D eigenvalue weighted by molar-refractivity contribution is 6.30. The van der Waals surface area contributed by atoms with Gasteiger partial charge in [-0.05, 0) is 37.4 Å². The zero-order valence-corrected chi connectivity index (χ0v) is 13.3. The van der Waals surface area contributed by atoms with Crippen molar-refractivity contribution in [2.24, 2.45) is 11.7 Å². The van der Waals surface area contributed by atoms with Crippen molar-refractivity contribution < 1.29 is 0 Å². The van der Waals surface area contributed by atoms with E-state index < -0.39 is 0 Å². The molecule has 2 unspecified atom stereocenters. The summed E-state index contributed by atoms with van der Waals surface area (Å²) in [6.07, 6.45) is 7.72. The van der Waals surface area contributed by atoms with Gasteiger partial charge in [-0.3, -0.25) is 4.90 Å². The quantitative estimate of drug-likeness (QED) is 0.944. The fourth-order valence-corrected chi connectivity index (χ4v) is 3.48. The van der Waals surface area contributed by atoms with Crippen LogP contribution in [0.25, 0.3) is 5.65 Å². The number of hydrogen-bond acceptors (Lipinski definition) is 3. The first-order valence-electron chi connectivity index (χ1n) is 7.77. The van der Waals surface area contributed by atoms with E-state index in [4.69, 9.17) is 17.3 Å². The van der Waals surface area contributed by atoms with Crippen LogP contribution in [0.4, 0.5) is 0 Å². The van der Waals surface area contributed by atoms with Crippen LogP contribution in [0, 0.1) is 5.92 Å². The van der Waals surface area contributed by atoms with Crippen LogP contribution in [-0.4, -0.2) is 33.4 Å². The zero-order chi connectivity index (χ0) is 14.8. The maximum absolute atomic E-state index is 6.02.